The number of rotatable bonds is 5. The normalized spacial score (nSPS) is 14.5. The molecule has 1 aromatic heterocycles. The number of nitrogens with zero attached hydrogens (tertiary/aromatic N) is 2. The van der Waals surface area contributed by atoms with Crippen LogP contribution in [-0.4, -0.2) is 10.3 Å². The lowest BCUT2D eigenvalue weighted by molar-refractivity contribution is 0.669. The van der Waals surface area contributed by atoms with Crippen LogP contribution in [0, 0.1) is 0 Å². The molecule has 0 bridgehead atoms. The fourth-order valence-electron chi connectivity index (χ4n) is 7.74. The predicted molar refractivity (Wildman–Crippen MR) is 215 cm³/mol. The van der Waals surface area contributed by atoms with E-state index in [0.29, 0.717) is 0 Å². The number of hydrogen-bond donors (Lipinski definition) is 1. The maximum atomic E-state index is 5.36. The molecule has 3 nitrogen and oxygen atoms in total. The second kappa shape index (κ2) is 12.0. The molecule has 1 aliphatic heterocycles. The van der Waals surface area contributed by atoms with Gasteiger partial charge in [-0.25, -0.2) is 0 Å². The van der Waals surface area contributed by atoms with Crippen molar-refractivity contribution in [2.75, 3.05) is 0 Å². The topological polar surface area (TPSA) is 29.3 Å². The van der Waals surface area contributed by atoms with Gasteiger partial charge in [0.2, 0.25) is 0 Å². The number of aromatic nitrogens is 1. The van der Waals surface area contributed by atoms with E-state index >= 15 is 0 Å². The predicted octanol–water partition coefficient (Wildman–Crippen LogP) is 11.9. The van der Waals surface area contributed by atoms with Crippen molar-refractivity contribution in [1.29, 1.82) is 0 Å². The van der Waals surface area contributed by atoms with Crippen molar-refractivity contribution in [1.82, 2.24) is 9.88 Å². The SMILES string of the molecule is C1=C(c2ccc(-c3ccccc3)cc2)NC(c2ccc(-n3c4ccccc4c4cc5ccccc5cc43)c3ccccc23)N=C1c1ccccc1. The highest BCUT2D eigenvalue weighted by atomic mass is 15.1. The molecule has 0 fully saturated rings. The highest BCUT2D eigenvalue weighted by Gasteiger charge is 2.23. The van der Waals surface area contributed by atoms with E-state index in [9.17, 15) is 0 Å². The number of benzene rings is 8. The summed E-state index contributed by atoms with van der Waals surface area (Å²) in [5.74, 6) is 0. The van der Waals surface area contributed by atoms with Crippen molar-refractivity contribution in [2.45, 2.75) is 6.17 Å². The van der Waals surface area contributed by atoms with Crippen LogP contribution in [0.4, 0.5) is 0 Å². The van der Waals surface area contributed by atoms with Gasteiger partial charge in [-0.3, -0.25) is 4.99 Å². The Morgan fingerprint density at radius 2 is 1.02 bits per heavy atom. The van der Waals surface area contributed by atoms with Gasteiger partial charge in [-0.2, -0.15) is 0 Å². The summed E-state index contributed by atoms with van der Waals surface area (Å²) in [6.45, 7) is 0. The molecule has 2 heterocycles. The fourth-order valence-corrected chi connectivity index (χ4v) is 7.74. The third-order valence-electron chi connectivity index (χ3n) is 10.2. The highest BCUT2D eigenvalue weighted by molar-refractivity contribution is 6.15. The Labute approximate surface area is 296 Å². The Morgan fingerprint density at radius 1 is 0.431 bits per heavy atom. The average Bonchev–Trinajstić information content (AvgIpc) is 3.53. The fraction of sp³-hybridized carbons (Fsp3) is 0.0208. The zero-order chi connectivity index (χ0) is 33.7. The molecule has 1 aliphatic rings. The van der Waals surface area contributed by atoms with E-state index < -0.39 is 0 Å². The molecule has 8 aromatic carbocycles. The van der Waals surface area contributed by atoms with E-state index in [1.165, 1.54) is 54.5 Å². The first kappa shape index (κ1) is 29.2. The monoisotopic (exact) mass is 651 g/mol. The summed E-state index contributed by atoms with van der Waals surface area (Å²) in [4.78, 5) is 5.36. The van der Waals surface area contributed by atoms with Crippen LogP contribution < -0.4 is 5.32 Å². The quantitative estimate of drug-likeness (QED) is 0.197. The molecule has 0 saturated carbocycles. The van der Waals surface area contributed by atoms with Gasteiger partial charge >= 0.3 is 0 Å². The minimum atomic E-state index is -0.282. The summed E-state index contributed by atoms with van der Waals surface area (Å²) in [6.07, 6.45) is 1.90. The van der Waals surface area contributed by atoms with Gasteiger partial charge in [-0.15, -0.1) is 0 Å². The zero-order valence-electron chi connectivity index (χ0n) is 27.9. The second-order valence-electron chi connectivity index (χ2n) is 13.2. The molecular formula is C48H33N3. The molecule has 1 atom stereocenters. The smallest absolute Gasteiger partial charge is 0.146 e. The van der Waals surface area contributed by atoms with Gasteiger partial charge in [0.25, 0.3) is 0 Å². The highest BCUT2D eigenvalue weighted by Crippen LogP contribution is 2.39. The summed E-state index contributed by atoms with van der Waals surface area (Å²) in [5.41, 5.74) is 11.3. The van der Waals surface area contributed by atoms with Crippen molar-refractivity contribution in [3.8, 4) is 16.8 Å². The number of hydrogen-bond acceptors (Lipinski definition) is 2. The van der Waals surface area contributed by atoms with Crippen LogP contribution in [0.1, 0.15) is 22.9 Å². The van der Waals surface area contributed by atoms with Gasteiger partial charge in [0.1, 0.15) is 6.17 Å². The maximum Gasteiger partial charge on any atom is 0.146 e. The molecule has 1 unspecified atom stereocenters. The Bertz CT molecular complexity index is 2810. The summed E-state index contributed by atoms with van der Waals surface area (Å²) >= 11 is 0. The Hall–Kier alpha value is -6.71. The zero-order valence-corrected chi connectivity index (χ0v) is 27.9. The van der Waals surface area contributed by atoms with E-state index in [2.05, 4.69) is 198 Å². The molecule has 51 heavy (non-hydrogen) atoms. The largest absolute Gasteiger partial charge is 0.359 e. The van der Waals surface area contributed by atoms with Gasteiger partial charge in [0.05, 0.1) is 22.4 Å². The molecule has 9 aromatic rings. The number of nitrogens with one attached hydrogen (secondary N) is 1. The van der Waals surface area contributed by atoms with Crippen molar-refractivity contribution in [3.63, 3.8) is 0 Å². The molecule has 0 aliphatic carbocycles. The van der Waals surface area contributed by atoms with Crippen LogP contribution in [0.2, 0.25) is 0 Å². The maximum absolute atomic E-state index is 5.36. The number of fused-ring (bicyclic) bond motifs is 5. The van der Waals surface area contributed by atoms with Gasteiger partial charge < -0.3 is 9.88 Å². The minimum Gasteiger partial charge on any atom is -0.359 e. The van der Waals surface area contributed by atoms with Crippen LogP contribution >= 0.6 is 0 Å². The average molecular weight is 652 g/mol. The summed E-state index contributed by atoms with van der Waals surface area (Å²) < 4.78 is 2.44. The molecule has 0 amide bonds. The summed E-state index contributed by atoms with van der Waals surface area (Å²) in [5, 5.41) is 11.2. The standard InChI is InChI=1S/C48H33N3/c1-3-13-32(14-4-1)33-23-25-35(26-24-33)44-31-43(34-15-5-2-6-16-34)49-48(50-44)41-27-28-46(39-20-10-9-19-38(39)41)51-45-22-12-11-21-40(45)42-29-36-17-7-8-18-37(36)30-47(42)51/h1-31,48,50H. The number of para-hydroxylation sites is 1. The number of allylic oxidation sites excluding steroid dienone is 1. The molecule has 0 saturated heterocycles. The van der Waals surface area contributed by atoms with Crippen molar-refractivity contribution < 1.29 is 0 Å². The van der Waals surface area contributed by atoms with Crippen LogP contribution in [0.15, 0.2) is 193 Å². The third-order valence-corrected chi connectivity index (χ3v) is 10.2. The van der Waals surface area contributed by atoms with E-state index in [1.807, 2.05) is 0 Å². The molecular weight excluding hydrogens is 619 g/mol. The van der Waals surface area contributed by atoms with Crippen LogP contribution in [0.25, 0.3) is 65.9 Å². The number of aliphatic imine (C=N–C) groups is 1. The Balaban J connectivity index is 1.13. The molecule has 0 radical (unpaired) electrons. The lowest BCUT2D eigenvalue weighted by Gasteiger charge is -2.26. The van der Waals surface area contributed by atoms with Crippen LogP contribution in [0.3, 0.4) is 0 Å². The van der Waals surface area contributed by atoms with Gasteiger partial charge in [0, 0.05) is 27.4 Å². The van der Waals surface area contributed by atoms with Gasteiger partial charge in [-0.05, 0) is 68.8 Å². The second-order valence-corrected chi connectivity index (χ2v) is 13.2. The molecule has 3 heteroatoms. The summed E-state index contributed by atoms with van der Waals surface area (Å²) in [6, 6.07) is 65.2. The first-order valence-electron chi connectivity index (χ1n) is 17.5. The molecule has 1 N–H and O–H groups in total. The van der Waals surface area contributed by atoms with E-state index in [-0.39, 0.29) is 6.17 Å². The molecule has 10 rings (SSSR count). The van der Waals surface area contributed by atoms with Crippen molar-refractivity contribution in [3.05, 3.63) is 205 Å². The van der Waals surface area contributed by atoms with Crippen LogP contribution in [0.5, 0.6) is 0 Å². The first-order valence-corrected chi connectivity index (χ1v) is 17.5. The molecule has 0 spiro atoms. The van der Waals surface area contributed by atoms with Crippen LogP contribution in [-0.2, 0) is 0 Å². The summed E-state index contributed by atoms with van der Waals surface area (Å²) in [7, 11) is 0. The molecule has 240 valence electrons. The lowest BCUT2D eigenvalue weighted by atomic mass is 9.97. The Kier molecular flexibility index (Phi) is 6.88. The lowest BCUT2D eigenvalue weighted by Crippen LogP contribution is -2.25. The Morgan fingerprint density at radius 3 is 1.78 bits per heavy atom. The van der Waals surface area contributed by atoms with Gasteiger partial charge in [0.15, 0.2) is 0 Å². The minimum absolute atomic E-state index is 0.282. The van der Waals surface area contributed by atoms with E-state index in [1.54, 1.807) is 0 Å². The van der Waals surface area contributed by atoms with Crippen molar-refractivity contribution in [2.24, 2.45) is 4.99 Å². The van der Waals surface area contributed by atoms with Crippen molar-refractivity contribution >= 4 is 54.8 Å². The third kappa shape index (κ3) is 5.02. The van der Waals surface area contributed by atoms with E-state index in [4.69, 9.17) is 4.99 Å². The van der Waals surface area contributed by atoms with E-state index in [0.717, 1.165) is 33.8 Å². The first-order chi connectivity index (χ1) is 25.3. The van der Waals surface area contributed by atoms with Gasteiger partial charge in [-0.1, -0.05) is 158 Å².